The molecule has 0 unspecified atom stereocenters. The van der Waals surface area contributed by atoms with Crippen molar-refractivity contribution in [1.82, 2.24) is 15.0 Å². The highest BCUT2D eigenvalue weighted by molar-refractivity contribution is 6.01. The first kappa shape index (κ1) is 17.0. The van der Waals surface area contributed by atoms with Gasteiger partial charge in [0.1, 0.15) is 24.3 Å². The van der Waals surface area contributed by atoms with Crippen LogP contribution in [0.5, 0.6) is 0 Å². The first-order valence-corrected chi connectivity index (χ1v) is 8.54. The van der Waals surface area contributed by atoms with Gasteiger partial charge in [0.25, 0.3) is 0 Å². The van der Waals surface area contributed by atoms with E-state index >= 15 is 0 Å². The largest absolute Gasteiger partial charge is 0.394 e. The van der Waals surface area contributed by atoms with Gasteiger partial charge in [-0.2, -0.15) is 0 Å². The molecule has 5 N–H and O–H groups in total. The molecule has 138 valence electrons. The Bertz CT molecular complexity index is 793. The first-order chi connectivity index (χ1) is 12.7. The van der Waals surface area contributed by atoms with Gasteiger partial charge in [0, 0.05) is 13.0 Å². The number of hydrazine groups is 1. The van der Waals surface area contributed by atoms with Crippen molar-refractivity contribution in [3.8, 4) is 0 Å². The molecule has 9 nitrogen and oxygen atoms in total. The van der Waals surface area contributed by atoms with E-state index in [1.165, 1.54) is 0 Å². The maximum Gasteiger partial charge on any atom is 0.163 e. The monoisotopic (exact) mass is 358 g/mol. The zero-order valence-electron chi connectivity index (χ0n) is 14.2. The minimum Gasteiger partial charge on any atom is -0.394 e. The third-order valence-corrected chi connectivity index (χ3v) is 4.61. The number of aliphatic hydroxyl groups is 2. The summed E-state index contributed by atoms with van der Waals surface area (Å²) in [6.45, 7) is 0.793. The lowest BCUT2D eigenvalue weighted by molar-refractivity contribution is -0.0500. The summed E-state index contributed by atoms with van der Waals surface area (Å²) in [5, 5.41) is 21.5. The van der Waals surface area contributed by atoms with Crippen LogP contribution < -0.4 is 16.2 Å². The van der Waals surface area contributed by atoms with Crippen LogP contribution in [0.15, 0.2) is 41.7 Å². The quantitative estimate of drug-likeness (QED) is 0.579. The van der Waals surface area contributed by atoms with Crippen LogP contribution in [0.4, 0.5) is 5.82 Å². The van der Waals surface area contributed by atoms with Gasteiger partial charge in [0.15, 0.2) is 12.0 Å². The molecule has 0 bridgehead atoms. The molecule has 0 aliphatic carbocycles. The second-order valence-corrected chi connectivity index (χ2v) is 6.39. The lowest BCUT2D eigenvalue weighted by Gasteiger charge is -2.30. The topological polar surface area (TPSA) is 121 Å². The van der Waals surface area contributed by atoms with Crippen molar-refractivity contribution in [3.63, 3.8) is 0 Å². The first-order valence-electron chi connectivity index (χ1n) is 8.54. The van der Waals surface area contributed by atoms with E-state index in [1.54, 1.807) is 10.9 Å². The van der Waals surface area contributed by atoms with Crippen LogP contribution in [0.2, 0.25) is 0 Å². The van der Waals surface area contributed by atoms with Gasteiger partial charge >= 0.3 is 0 Å². The van der Waals surface area contributed by atoms with Crippen LogP contribution >= 0.6 is 0 Å². The fourth-order valence-corrected chi connectivity index (χ4v) is 3.28. The Hall–Kier alpha value is -2.46. The van der Waals surface area contributed by atoms with Crippen LogP contribution in [-0.4, -0.2) is 51.1 Å². The third-order valence-electron chi connectivity index (χ3n) is 4.61. The lowest BCUT2D eigenvalue weighted by atomic mass is 10.2. The molecule has 1 aromatic heterocycles. The van der Waals surface area contributed by atoms with Crippen molar-refractivity contribution >= 4 is 11.7 Å². The summed E-state index contributed by atoms with van der Waals surface area (Å²) in [6, 6.07) is 10.00. The number of ether oxygens (including phenoxy) is 1. The average molecular weight is 358 g/mol. The summed E-state index contributed by atoms with van der Waals surface area (Å²) < 4.78 is 7.51. The Morgan fingerprint density at radius 1 is 1.31 bits per heavy atom. The number of nitrogens with two attached hydrogens (primary N) is 1. The molecule has 2 aromatic rings. The Morgan fingerprint density at radius 3 is 2.85 bits per heavy atom. The normalized spacial score (nSPS) is 25.2. The van der Waals surface area contributed by atoms with Crippen LogP contribution in [0.1, 0.15) is 23.9 Å². The van der Waals surface area contributed by atoms with Gasteiger partial charge in [-0.1, -0.05) is 30.3 Å². The van der Waals surface area contributed by atoms with E-state index in [4.69, 9.17) is 10.5 Å². The van der Waals surface area contributed by atoms with Crippen molar-refractivity contribution in [2.24, 2.45) is 10.7 Å². The molecule has 4 rings (SSSR count). The maximum atomic E-state index is 10.3. The number of aliphatic imine (C=N–C) groups is 1. The molecule has 9 heteroatoms. The fraction of sp³-hybridized carbons (Fsp3) is 0.412. The molecule has 0 radical (unpaired) electrons. The Kier molecular flexibility index (Phi) is 4.60. The molecule has 26 heavy (non-hydrogen) atoms. The SMILES string of the molecule is NC1=NCN(NCc2ccccc2)c2c1ncn2[C@@H]1O[C@H](CO)C[C@H]1O. The predicted octanol–water partition coefficient (Wildman–Crippen LogP) is -0.289. The van der Waals surface area contributed by atoms with E-state index < -0.39 is 18.4 Å². The van der Waals surface area contributed by atoms with Gasteiger partial charge in [-0.15, -0.1) is 0 Å². The van der Waals surface area contributed by atoms with Crippen LogP contribution in [0.25, 0.3) is 0 Å². The smallest absolute Gasteiger partial charge is 0.163 e. The van der Waals surface area contributed by atoms with Gasteiger partial charge in [-0.25, -0.2) is 15.4 Å². The summed E-state index contributed by atoms with van der Waals surface area (Å²) in [7, 11) is 0. The second kappa shape index (κ2) is 7.04. The highest BCUT2D eigenvalue weighted by Gasteiger charge is 2.38. The number of aromatic nitrogens is 2. The van der Waals surface area contributed by atoms with Crippen LogP contribution in [0.3, 0.4) is 0 Å². The average Bonchev–Trinajstić information content (AvgIpc) is 3.26. The number of rotatable bonds is 5. The lowest BCUT2D eigenvalue weighted by Crippen LogP contribution is -2.44. The zero-order chi connectivity index (χ0) is 18.1. The van der Waals surface area contributed by atoms with E-state index in [9.17, 15) is 10.2 Å². The number of hydrogen-bond acceptors (Lipinski definition) is 8. The molecule has 0 amide bonds. The molecule has 0 saturated carbocycles. The van der Waals surface area contributed by atoms with Crippen molar-refractivity contribution in [2.75, 3.05) is 18.3 Å². The van der Waals surface area contributed by atoms with Gasteiger partial charge in [0.05, 0.1) is 19.0 Å². The number of nitrogens with zero attached hydrogens (tertiary/aromatic N) is 4. The number of imidazole rings is 1. The number of aliphatic hydroxyl groups excluding tert-OH is 2. The summed E-state index contributed by atoms with van der Waals surface area (Å²) in [4.78, 5) is 8.64. The minimum absolute atomic E-state index is 0.135. The molecule has 3 heterocycles. The van der Waals surface area contributed by atoms with Crippen molar-refractivity contribution < 1.29 is 14.9 Å². The molecule has 2 aliphatic heterocycles. The summed E-state index contributed by atoms with van der Waals surface area (Å²) >= 11 is 0. The standard InChI is InChI=1S/C17H22N6O3/c18-15-14-16(22(9-19-14)17-13(25)6-12(8-24)26-17)23(10-20-15)21-7-11-4-2-1-3-5-11/h1-5,9,12-13,17,21,24-25H,6-8,10H2,(H2,18,20)/t12-,13+,17+/m0/s1. The summed E-state index contributed by atoms with van der Waals surface area (Å²) in [6.07, 6.45) is 0.198. The molecule has 2 aliphatic rings. The number of fused-ring (bicyclic) bond motifs is 1. The predicted molar refractivity (Wildman–Crippen MR) is 95.2 cm³/mol. The fourth-order valence-electron chi connectivity index (χ4n) is 3.28. The third kappa shape index (κ3) is 3.06. The molecule has 1 aromatic carbocycles. The minimum atomic E-state index is -0.735. The zero-order valence-corrected chi connectivity index (χ0v) is 14.2. The number of benzene rings is 1. The Balaban J connectivity index is 1.60. The van der Waals surface area contributed by atoms with Gasteiger partial charge in [0.2, 0.25) is 0 Å². The number of anilines is 1. The molecule has 3 atom stereocenters. The van der Waals surface area contributed by atoms with Crippen molar-refractivity contribution in [3.05, 3.63) is 47.9 Å². The second-order valence-electron chi connectivity index (χ2n) is 6.39. The van der Waals surface area contributed by atoms with Crippen molar-refractivity contribution in [2.45, 2.75) is 31.4 Å². The van der Waals surface area contributed by atoms with E-state index in [-0.39, 0.29) is 6.61 Å². The van der Waals surface area contributed by atoms with Crippen LogP contribution in [-0.2, 0) is 11.3 Å². The highest BCUT2D eigenvalue weighted by Crippen LogP contribution is 2.34. The Morgan fingerprint density at radius 2 is 2.12 bits per heavy atom. The van der Waals surface area contributed by atoms with E-state index in [0.29, 0.717) is 37.0 Å². The summed E-state index contributed by atoms with van der Waals surface area (Å²) in [5.74, 6) is 1.04. The van der Waals surface area contributed by atoms with Crippen molar-refractivity contribution in [1.29, 1.82) is 0 Å². The molecule has 0 spiro atoms. The van der Waals surface area contributed by atoms with E-state index in [2.05, 4.69) is 15.4 Å². The van der Waals surface area contributed by atoms with E-state index in [1.807, 2.05) is 35.3 Å². The van der Waals surface area contributed by atoms with Gasteiger partial charge in [-0.3, -0.25) is 9.58 Å². The summed E-state index contributed by atoms with van der Waals surface area (Å²) in [5.41, 5.74) is 11.0. The molecular weight excluding hydrogens is 336 g/mol. The number of amidine groups is 1. The Labute approximate surface area is 150 Å². The molecular formula is C17H22N6O3. The van der Waals surface area contributed by atoms with E-state index in [0.717, 1.165) is 5.56 Å². The van der Waals surface area contributed by atoms with Gasteiger partial charge < -0.3 is 20.7 Å². The number of nitrogens with one attached hydrogen (secondary N) is 1. The van der Waals surface area contributed by atoms with Crippen LogP contribution in [0, 0.1) is 0 Å². The maximum absolute atomic E-state index is 10.3. The van der Waals surface area contributed by atoms with Gasteiger partial charge in [-0.05, 0) is 5.56 Å². The molecule has 1 saturated heterocycles. The highest BCUT2D eigenvalue weighted by atomic mass is 16.5. The number of hydrogen-bond donors (Lipinski definition) is 4. The molecule has 1 fully saturated rings.